The first-order valence-corrected chi connectivity index (χ1v) is 10.4. The number of rotatable bonds is 2. The molecule has 4 aliphatic rings. The Morgan fingerprint density at radius 1 is 1.03 bits per heavy atom. The molecule has 3 unspecified atom stereocenters. The zero-order valence-electron chi connectivity index (χ0n) is 17.3. The van der Waals surface area contributed by atoms with Crippen molar-refractivity contribution < 1.29 is 19.1 Å². The van der Waals surface area contributed by atoms with E-state index in [1.54, 1.807) is 0 Å². The zero-order chi connectivity index (χ0) is 20.8. The maximum atomic E-state index is 12.5. The highest BCUT2D eigenvalue weighted by molar-refractivity contribution is 6.00. The molecule has 1 aromatic rings. The molecule has 4 saturated heterocycles. The van der Waals surface area contributed by atoms with Crippen LogP contribution in [0.3, 0.4) is 0 Å². The molecule has 7 heteroatoms. The minimum absolute atomic E-state index is 0.157. The molecular formula is C22H29N3O4. The molecule has 3 amide bonds. The van der Waals surface area contributed by atoms with Gasteiger partial charge in [0.05, 0.1) is 12.0 Å². The van der Waals surface area contributed by atoms with E-state index < -0.39 is 5.60 Å². The molecule has 1 aromatic carbocycles. The van der Waals surface area contributed by atoms with Gasteiger partial charge in [0.2, 0.25) is 11.8 Å². The number of amides is 3. The fraction of sp³-hybridized carbons (Fsp3) is 0.591. The molecule has 4 heterocycles. The quantitative estimate of drug-likeness (QED) is 0.774. The average Bonchev–Trinajstić information content (AvgIpc) is 2.67. The number of ether oxygens (including phenoxy) is 1. The summed E-state index contributed by atoms with van der Waals surface area (Å²) in [6.07, 6.45) is 2.77. The number of hydrogen-bond acceptors (Lipinski definition) is 5. The number of carbonyl (C=O) groups is 3. The van der Waals surface area contributed by atoms with Crippen LogP contribution in [0, 0.1) is 0 Å². The van der Waals surface area contributed by atoms with Crippen LogP contribution in [0.1, 0.15) is 57.9 Å². The van der Waals surface area contributed by atoms with E-state index >= 15 is 0 Å². The van der Waals surface area contributed by atoms with Gasteiger partial charge in [-0.2, -0.15) is 0 Å². The van der Waals surface area contributed by atoms with Gasteiger partial charge in [0.15, 0.2) is 0 Å². The Labute approximate surface area is 171 Å². The summed E-state index contributed by atoms with van der Waals surface area (Å²) in [6.45, 7) is 7.15. The number of fused-ring (bicyclic) bond motifs is 3. The number of piperazine rings is 1. The van der Waals surface area contributed by atoms with Crippen LogP contribution in [-0.4, -0.2) is 53.6 Å². The Bertz CT molecular complexity index is 814. The van der Waals surface area contributed by atoms with Gasteiger partial charge in [-0.1, -0.05) is 12.1 Å². The third kappa shape index (κ3) is 4.09. The highest BCUT2D eigenvalue weighted by Gasteiger charge is 2.42. The average molecular weight is 399 g/mol. The van der Waals surface area contributed by atoms with Crippen molar-refractivity contribution in [1.29, 1.82) is 0 Å². The standard InChI is InChI=1S/C22H29N3O4/c1-22(2,3)29-21(28)25-13-16-8-9-17(25)12-24(16)15-6-4-14(5-7-15)18-10-11-19(26)23-20(18)27/h4-7,16-18H,8-13H2,1-3H3,(H,23,26,27). The number of anilines is 1. The number of nitrogens with one attached hydrogen (secondary N) is 1. The number of benzene rings is 1. The summed E-state index contributed by atoms with van der Waals surface area (Å²) in [5.74, 6) is -0.664. The number of hydrogen-bond donors (Lipinski definition) is 1. The normalized spacial score (nSPS) is 27.1. The van der Waals surface area contributed by atoms with E-state index in [2.05, 4.69) is 22.3 Å². The summed E-state index contributed by atoms with van der Waals surface area (Å²) in [5.41, 5.74) is 1.56. The molecule has 0 aliphatic carbocycles. The van der Waals surface area contributed by atoms with Gasteiger partial charge in [-0.05, 0) is 57.7 Å². The van der Waals surface area contributed by atoms with Crippen LogP contribution in [0.25, 0.3) is 0 Å². The number of carbonyl (C=O) groups excluding carboxylic acids is 3. The second-order valence-electron chi connectivity index (χ2n) is 9.27. The van der Waals surface area contributed by atoms with E-state index in [-0.39, 0.29) is 35.9 Å². The van der Waals surface area contributed by atoms with E-state index in [1.807, 2.05) is 37.8 Å². The second kappa shape index (κ2) is 7.35. The van der Waals surface area contributed by atoms with Crippen LogP contribution in [0.2, 0.25) is 0 Å². The smallest absolute Gasteiger partial charge is 0.410 e. The summed E-state index contributed by atoms with van der Waals surface area (Å²) < 4.78 is 5.58. The molecule has 0 saturated carbocycles. The van der Waals surface area contributed by atoms with Crippen LogP contribution >= 0.6 is 0 Å². The van der Waals surface area contributed by atoms with Gasteiger partial charge in [-0.15, -0.1) is 0 Å². The first-order chi connectivity index (χ1) is 13.7. The SMILES string of the molecule is CC(C)(C)OC(=O)N1CC2CCC1CN2c1ccc(C2CCC(=O)NC2=O)cc1. The van der Waals surface area contributed by atoms with Crippen LogP contribution in [-0.2, 0) is 14.3 Å². The van der Waals surface area contributed by atoms with E-state index in [0.717, 1.165) is 30.6 Å². The van der Waals surface area contributed by atoms with E-state index in [4.69, 9.17) is 4.74 Å². The largest absolute Gasteiger partial charge is 0.444 e. The Kier molecular flexibility index (Phi) is 5.00. The molecule has 7 nitrogen and oxygen atoms in total. The first-order valence-electron chi connectivity index (χ1n) is 10.4. The molecule has 0 spiro atoms. The van der Waals surface area contributed by atoms with Crippen LogP contribution in [0.4, 0.5) is 10.5 Å². The van der Waals surface area contributed by atoms with Gasteiger partial charge < -0.3 is 14.5 Å². The van der Waals surface area contributed by atoms with Crippen molar-refractivity contribution in [3.05, 3.63) is 29.8 Å². The van der Waals surface area contributed by atoms with E-state index in [0.29, 0.717) is 19.4 Å². The predicted octanol–water partition coefficient (Wildman–Crippen LogP) is 2.79. The van der Waals surface area contributed by atoms with E-state index in [1.165, 1.54) is 0 Å². The topological polar surface area (TPSA) is 79.0 Å². The molecule has 156 valence electrons. The summed E-state index contributed by atoms with van der Waals surface area (Å²) in [4.78, 5) is 40.3. The van der Waals surface area contributed by atoms with Gasteiger partial charge in [0.1, 0.15) is 5.60 Å². The van der Waals surface area contributed by atoms with Crippen molar-refractivity contribution in [2.75, 3.05) is 18.0 Å². The molecule has 5 rings (SSSR count). The predicted molar refractivity (Wildman–Crippen MR) is 109 cm³/mol. The van der Waals surface area contributed by atoms with Gasteiger partial charge in [-0.25, -0.2) is 4.79 Å². The number of nitrogens with zero attached hydrogens (tertiary/aromatic N) is 2. The summed E-state index contributed by atoms with van der Waals surface area (Å²) >= 11 is 0. The number of imide groups is 1. The van der Waals surface area contributed by atoms with Crippen LogP contribution in [0.15, 0.2) is 24.3 Å². The molecule has 29 heavy (non-hydrogen) atoms. The third-order valence-electron chi connectivity index (χ3n) is 6.02. The van der Waals surface area contributed by atoms with Gasteiger partial charge in [-0.3, -0.25) is 14.9 Å². The molecule has 4 aliphatic heterocycles. The lowest BCUT2D eigenvalue weighted by atomic mass is 9.89. The van der Waals surface area contributed by atoms with Crippen molar-refractivity contribution in [2.45, 2.75) is 70.1 Å². The van der Waals surface area contributed by atoms with Gasteiger partial charge in [0.25, 0.3) is 0 Å². The van der Waals surface area contributed by atoms with Crippen molar-refractivity contribution in [3.63, 3.8) is 0 Å². The third-order valence-corrected chi connectivity index (χ3v) is 6.02. The maximum Gasteiger partial charge on any atom is 0.410 e. The molecule has 0 aromatic heterocycles. The first kappa shape index (κ1) is 19.7. The van der Waals surface area contributed by atoms with Crippen molar-refractivity contribution in [1.82, 2.24) is 10.2 Å². The fourth-order valence-corrected chi connectivity index (χ4v) is 4.60. The Morgan fingerprint density at radius 3 is 2.31 bits per heavy atom. The minimum atomic E-state index is -0.487. The van der Waals surface area contributed by atoms with Gasteiger partial charge in [0, 0.05) is 31.2 Å². The van der Waals surface area contributed by atoms with Crippen LogP contribution in [0.5, 0.6) is 0 Å². The molecule has 0 radical (unpaired) electrons. The fourth-order valence-electron chi connectivity index (χ4n) is 4.60. The highest BCUT2D eigenvalue weighted by atomic mass is 16.6. The molecule has 1 N–H and O–H groups in total. The van der Waals surface area contributed by atoms with Crippen molar-refractivity contribution in [3.8, 4) is 0 Å². The lowest BCUT2D eigenvalue weighted by molar-refractivity contribution is -0.134. The number of piperidine rings is 3. The summed E-state index contributed by atoms with van der Waals surface area (Å²) in [6, 6.07) is 8.51. The van der Waals surface area contributed by atoms with E-state index in [9.17, 15) is 14.4 Å². The van der Waals surface area contributed by atoms with Crippen molar-refractivity contribution in [2.24, 2.45) is 0 Å². The molecule has 2 bridgehead atoms. The molecule has 3 atom stereocenters. The lowest BCUT2D eigenvalue weighted by Crippen LogP contribution is -2.64. The second-order valence-corrected chi connectivity index (χ2v) is 9.27. The Morgan fingerprint density at radius 2 is 1.72 bits per heavy atom. The zero-order valence-corrected chi connectivity index (χ0v) is 17.3. The Hall–Kier alpha value is -2.57. The molecule has 4 fully saturated rings. The highest BCUT2D eigenvalue weighted by Crippen LogP contribution is 2.35. The molecular weight excluding hydrogens is 370 g/mol. The Balaban J connectivity index is 1.43. The van der Waals surface area contributed by atoms with Crippen LogP contribution < -0.4 is 10.2 Å². The van der Waals surface area contributed by atoms with Gasteiger partial charge >= 0.3 is 6.09 Å². The van der Waals surface area contributed by atoms with Crippen molar-refractivity contribution >= 4 is 23.6 Å². The lowest BCUT2D eigenvalue weighted by Gasteiger charge is -2.52. The summed E-state index contributed by atoms with van der Waals surface area (Å²) in [7, 11) is 0. The maximum absolute atomic E-state index is 12.5. The summed E-state index contributed by atoms with van der Waals surface area (Å²) in [5, 5.41) is 2.42. The minimum Gasteiger partial charge on any atom is -0.444 e. The monoisotopic (exact) mass is 399 g/mol.